The summed E-state index contributed by atoms with van der Waals surface area (Å²) in [4.78, 5) is 7.83. The molecule has 15 heavy (non-hydrogen) atoms. The highest BCUT2D eigenvalue weighted by Gasteiger charge is 2.10. The highest BCUT2D eigenvalue weighted by molar-refractivity contribution is 7.85. The molecule has 0 bridgehead atoms. The van der Waals surface area contributed by atoms with Crippen LogP contribution in [0, 0.1) is 13.8 Å². The highest BCUT2D eigenvalue weighted by atomic mass is 35.5. The Morgan fingerprint density at radius 2 is 1.73 bits per heavy atom. The average Bonchev–Trinajstić information content (AvgIpc) is 1.99. The van der Waals surface area contributed by atoms with E-state index in [-0.39, 0.29) is 11.9 Å². The molecule has 0 radical (unpaired) electrons. The van der Waals surface area contributed by atoms with Gasteiger partial charge in [-0.05, 0) is 25.4 Å². The van der Waals surface area contributed by atoms with Gasteiger partial charge in [-0.25, -0.2) is 9.97 Å². The number of aryl methyl sites for hydroxylation is 2. The average molecular weight is 251 g/mol. The van der Waals surface area contributed by atoms with Gasteiger partial charge in [0.25, 0.3) is 10.1 Å². The van der Waals surface area contributed by atoms with E-state index in [9.17, 15) is 8.42 Å². The number of hydrogen-bond acceptors (Lipinski definition) is 5. The third kappa shape index (κ3) is 3.73. The van der Waals surface area contributed by atoms with Gasteiger partial charge in [0.05, 0.1) is 12.9 Å². The molecule has 0 saturated carbocycles. The minimum Gasteiger partial charge on any atom is -0.265 e. The van der Waals surface area contributed by atoms with Gasteiger partial charge in [-0.1, -0.05) is 0 Å². The van der Waals surface area contributed by atoms with Crippen LogP contribution in [0.3, 0.4) is 0 Å². The number of nitrogens with zero attached hydrogens (tertiary/aromatic N) is 2. The Morgan fingerprint density at radius 3 is 2.13 bits per heavy atom. The lowest BCUT2D eigenvalue weighted by atomic mass is 10.2. The van der Waals surface area contributed by atoms with Crippen LogP contribution in [-0.2, 0) is 20.9 Å². The SMILES string of the molecule is Cc1nc(Cl)nc(C)c1COS(C)(=O)=O. The summed E-state index contributed by atoms with van der Waals surface area (Å²) >= 11 is 5.63. The Balaban J connectivity index is 2.96. The molecule has 0 spiro atoms. The molecule has 0 aliphatic heterocycles. The van der Waals surface area contributed by atoms with Crippen molar-refractivity contribution in [3.63, 3.8) is 0 Å². The van der Waals surface area contributed by atoms with Gasteiger partial charge in [0.1, 0.15) is 0 Å². The Kier molecular flexibility index (Phi) is 3.64. The van der Waals surface area contributed by atoms with E-state index in [1.165, 1.54) is 0 Å². The monoisotopic (exact) mass is 250 g/mol. The summed E-state index contributed by atoms with van der Waals surface area (Å²) in [6, 6.07) is 0. The van der Waals surface area contributed by atoms with Crippen molar-refractivity contribution in [2.24, 2.45) is 0 Å². The molecule has 1 aromatic heterocycles. The number of hydrogen-bond donors (Lipinski definition) is 0. The molecule has 84 valence electrons. The lowest BCUT2D eigenvalue weighted by Gasteiger charge is -2.07. The summed E-state index contributed by atoms with van der Waals surface area (Å²) in [5.41, 5.74) is 1.89. The molecule has 1 rings (SSSR count). The predicted octanol–water partition coefficient (Wildman–Crippen LogP) is 1.22. The lowest BCUT2D eigenvalue weighted by Crippen LogP contribution is -2.07. The van der Waals surface area contributed by atoms with E-state index in [1.54, 1.807) is 13.8 Å². The molecule has 7 heteroatoms. The molecule has 0 N–H and O–H groups in total. The van der Waals surface area contributed by atoms with Crippen molar-refractivity contribution >= 4 is 21.7 Å². The normalized spacial score (nSPS) is 11.7. The molecule has 1 aromatic rings. The largest absolute Gasteiger partial charge is 0.265 e. The fourth-order valence-electron chi connectivity index (χ4n) is 1.07. The van der Waals surface area contributed by atoms with E-state index in [2.05, 4.69) is 14.2 Å². The van der Waals surface area contributed by atoms with E-state index in [0.717, 1.165) is 6.26 Å². The molecule has 0 atom stereocenters. The van der Waals surface area contributed by atoms with Crippen LogP contribution >= 0.6 is 11.6 Å². The minimum atomic E-state index is -3.45. The van der Waals surface area contributed by atoms with Crippen molar-refractivity contribution < 1.29 is 12.6 Å². The van der Waals surface area contributed by atoms with Crippen molar-refractivity contribution in [3.05, 3.63) is 22.2 Å². The van der Waals surface area contributed by atoms with Crippen LogP contribution < -0.4 is 0 Å². The maximum atomic E-state index is 10.8. The van der Waals surface area contributed by atoms with Crippen molar-refractivity contribution in [2.45, 2.75) is 20.5 Å². The molecule has 0 unspecified atom stereocenters. The zero-order valence-corrected chi connectivity index (χ0v) is 10.2. The van der Waals surface area contributed by atoms with Crippen LogP contribution in [0.2, 0.25) is 5.28 Å². The quantitative estimate of drug-likeness (QED) is 0.596. The molecule has 0 amide bonds. The smallest absolute Gasteiger partial charge is 0.264 e. The highest BCUT2D eigenvalue weighted by Crippen LogP contribution is 2.14. The van der Waals surface area contributed by atoms with Crippen LogP contribution in [0.5, 0.6) is 0 Å². The van der Waals surface area contributed by atoms with Gasteiger partial charge < -0.3 is 0 Å². The summed E-state index contributed by atoms with van der Waals surface area (Å²) < 4.78 is 26.3. The van der Waals surface area contributed by atoms with Crippen molar-refractivity contribution in [1.29, 1.82) is 0 Å². The zero-order chi connectivity index (χ0) is 11.6. The summed E-state index contributed by atoms with van der Waals surface area (Å²) in [5.74, 6) is 0. The summed E-state index contributed by atoms with van der Waals surface area (Å²) in [7, 11) is -3.45. The van der Waals surface area contributed by atoms with Crippen LogP contribution in [0.4, 0.5) is 0 Å². The first-order valence-corrected chi connectivity index (χ1v) is 6.33. The standard InChI is InChI=1S/C8H11ClN2O3S/c1-5-7(4-14-15(3,12)13)6(2)11-8(9)10-5/h4H2,1-3H3. The van der Waals surface area contributed by atoms with E-state index in [0.29, 0.717) is 17.0 Å². The van der Waals surface area contributed by atoms with Crippen molar-refractivity contribution in [1.82, 2.24) is 9.97 Å². The summed E-state index contributed by atoms with van der Waals surface area (Å²) in [6.45, 7) is 3.39. The van der Waals surface area contributed by atoms with Gasteiger partial charge in [-0.2, -0.15) is 8.42 Å². The van der Waals surface area contributed by atoms with Crippen LogP contribution in [0.25, 0.3) is 0 Å². The molecule has 0 aliphatic rings. The summed E-state index contributed by atoms with van der Waals surface area (Å²) in [5, 5.41) is 0.146. The maximum Gasteiger partial charge on any atom is 0.264 e. The van der Waals surface area contributed by atoms with E-state index < -0.39 is 10.1 Å². The fraction of sp³-hybridized carbons (Fsp3) is 0.500. The number of halogens is 1. The lowest BCUT2D eigenvalue weighted by molar-refractivity contribution is 0.309. The molecule has 0 aliphatic carbocycles. The predicted molar refractivity (Wildman–Crippen MR) is 56.1 cm³/mol. The van der Waals surface area contributed by atoms with E-state index in [1.807, 2.05) is 0 Å². The van der Waals surface area contributed by atoms with Gasteiger partial charge in [0, 0.05) is 17.0 Å². The van der Waals surface area contributed by atoms with Gasteiger partial charge in [0.15, 0.2) is 0 Å². The van der Waals surface area contributed by atoms with Gasteiger partial charge in [-0.3, -0.25) is 4.18 Å². The second-order valence-corrected chi connectivity index (χ2v) is 5.09. The molecule has 1 heterocycles. The molecular weight excluding hydrogens is 240 g/mol. The first-order valence-electron chi connectivity index (χ1n) is 4.13. The van der Waals surface area contributed by atoms with Gasteiger partial charge in [0.2, 0.25) is 5.28 Å². The Morgan fingerprint density at radius 1 is 1.27 bits per heavy atom. The number of rotatable bonds is 3. The zero-order valence-electron chi connectivity index (χ0n) is 8.61. The molecular formula is C8H11ClN2O3S. The third-order valence-corrected chi connectivity index (χ3v) is 2.53. The van der Waals surface area contributed by atoms with Gasteiger partial charge >= 0.3 is 0 Å². The molecule has 0 saturated heterocycles. The second-order valence-electron chi connectivity index (χ2n) is 3.11. The first-order chi connectivity index (χ1) is 6.79. The van der Waals surface area contributed by atoms with Crippen LogP contribution in [-0.4, -0.2) is 24.6 Å². The van der Waals surface area contributed by atoms with Crippen LogP contribution in [0.1, 0.15) is 17.0 Å². The molecule has 0 aromatic carbocycles. The Hall–Kier alpha value is -0.720. The van der Waals surface area contributed by atoms with Crippen molar-refractivity contribution in [3.8, 4) is 0 Å². The maximum absolute atomic E-state index is 10.8. The molecule has 0 fully saturated rings. The van der Waals surface area contributed by atoms with E-state index in [4.69, 9.17) is 11.6 Å². The van der Waals surface area contributed by atoms with Gasteiger partial charge in [-0.15, -0.1) is 0 Å². The Bertz CT molecular complexity index is 450. The Labute approximate surface area is 93.6 Å². The molecule has 5 nitrogen and oxygen atoms in total. The number of aromatic nitrogens is 2. The third-order valence-electron chi connectivity index (χ3n) is 1.81. The van der Waals surface area contributed by atoms with Crippen LogP contribution in [0.15, 0.2) is 0 Å². The van der Waals surface area contributed by atoms with Crippen molar-refractivity contribution in [2.75, 3.05) is 6.26 Å². The minimum absolute atomic E-state index is 0.0618. The fourth-order valence-corrected chi connectivity index (χ4v) is 1.66. The summed E-state index contributed by atoms with van der Waals surface area (Å²) in [6.07, 6.45) is 0.994. The topological polar surface area (TPSA) is 69.2 Å². The second kappa shape index (κ2) is 4.42. The first kappa shape index (κ1) is 12.4. The van der Waals surface area contributed by atoms with E-state index >= 15 is 0 Å².